The number of ether oxygens (including phenoxy) is 2. The highest BCUT2D eigenvalue weighted by Gasteiger charge is 2.18. The minimum absolute atomic E-state index is 0.130. The van der Waals surface area contributed by atoms with Gasteiger partial charge in [-0.05, 0) is 77.4 Å². The SMILES string of the molecule is CC(C)Oc1ccc(C(=O)OCCC(C)N2CCCC2)cc1. The van der Waals surface area contributed by atoms with E-state index in [4.69, 9.17) is 9.47 Å². The number of hydrogen-bond acceptors (Lipinski definition) is 4. The molecule has 0 radical (unpaired) electrons. The Hall–Kier alpha value is -1.55. The van der Waals surface area contributed by atoms with Crippen LogP contribution in [0, 0.1) is 0 Å². The van der Waals surface area contributed by atoms with E-state index in [2.05, 4.69) is 11.8 Å². The lowest BCUT2D eigenvalue weighted by Gasteiger charge is -2.23. The molecule has 0 aliphatic carbocycles. The molecule has 1 atom stereocenters. The van der Waals surface area contributed by atoms with Crippen LogP contribution in [0.15, 0.2) is 24.3 Å². The molecule has 4 heteroatoms. The summed E-state index contributed by atoms with van der Waals surface area (Å²) in [6.07, 6.45) is 3.59. The van der Waals surface area contributed by atoms with Gasteiger partial charge in [-0.1, -0.05) is 0 Å². The Labute approximate surface area is 133 Å². The van der Waals surface area contributed by atoms with E-state index < -0.39 is 0 Å². The van der Waals surface area contributed by atoms with Crippen molar-refractivity contribution >= 4 is 5.97 Å². The maximum absolute atomic E-state index is 12.0. The molecule has 1 aliphatic rings. The van der Waals surface area contributed by atoms with Gasteiger partial charge in [-0.3, -0.25) is 0 Å². The van der Waals surface area contributed by atoms with Gasteiger partial charge in [0.05, 0.1) is 18.3 Å². The monoisotopic (exact) mass is 305 g/mol. The summed E-state index contributed by atoms with van der Waals surface area (Å²) in [4.78, 5) is 14.5. The zero-order valence-corrected chi connectivity index (χ0v) is 13.9. The van der Waals surface area contributed by atoms with Crippen molar-refractivity contribution in [2.24, 2.45) is 0 Å². The maximum atomic E-state index is 12.0. The Kier molecular flexibility index (Phi) is 6.25. The number of carbonyl (C=O) groups excluding carboxylic acids is 1. The third-order valence-corrected chi connectivity index (χ3v) is 3.99. The zero-order chi connectivity index (χ0) is 15.9. The van der Waals surface area contributed by atoms with Gasteiger partial charge < -0.3 is 14.4 Å². The Morgan fingerprint density at radius 2 is 1.77 bits per heavy atom. The minimum Gasteiger partial charge on any atom is -0.491 e. The van der Waals surface area contributed by atoms with E-state index in [-0.39, 0.29) is 12.1 Å². The van der Waals surface area contributed by atoms with Gasteiger partial charge in [-0.15, -0.1) is 0 Å². The Morgan fingerprint density at radius 1 is 1.14 bits per heavy atom. The van der Waals surface area contributed by atoms with Crippen molar-refractivity contribution < 1.29 is 14.3 Å². The Bertz CT molecular complexity index is 464. The molecule has 122 valence electrons. The number of nitrogens with zero attached hydrogens (tertiary/aromatic N) is 1. The van der Waals surface area contributed by atoms with Gasteiger partial charge in [0.2, 0.25) is 0 Å². The second-order valence-corrected chi connectivity index (χ2v) is 6.21. The van der Waals surface area contributed by atoms with Gasteiger partial charge in [-0.2, -0.15) is 0 Å². The number of carbonyl (C=O) groups is 1. The summed E-state index contributed by atoms with van der Waals surface area (Å²) < 4.78 is 10.9. The van der Waals surface area contributed by atoms with Crippen LogP contribution in [0.3, 0.4) is 0 Å². The first-order chi connectivity index (χ1) is 10.6. The molecule has 22 heavy (non-hydrogen) atoms. The Balaban J connectivity index is 1.74. The molecular weight excluding hydrogens is 278 g/mol. The summed E-state index contributed by atoms with van der Waals surface area (Å²) in [7, 11) is 0. The lowest BCUT2D eigenvalue weighted by molar-refractivity contribution is 0.0470. The Morgan fingerprint density at radius 3 is 2.36 bits per heavy atom. The number of benzene rings is 1. The zero-order valence-electron chi connectivity index (χ0n) is 13.9. The van der Waals surface area contributed by atoms with Crippen molar-refractivity contribution in [2.45, 2.75) is 52.2 Å². The second kappa shape index (κ2) is 8.18. The molecule has 0 spiro atoms. The summed E-state index contributed by atoms with van der Waals surface area (Å²) in [5.74, 6) is 0.513. The fourth-order valence-electron chi connectivity index (χ4n) is 2.71. The highest BCUT2D eigenvalue weighted by Crippen LogP contribution is 2.16. The van der Waals surface area contributed by atoms with E-state index in [9.17, 15) is 4.79 Å². The van der Waals surface area contributed by atoms with Crippen molar-refractivity contribution in [1.29, 1.82) is 0 Å². The summed E-state index contributed by atoms with van der Waals surface area (Å²) in [6.45, 7) is 8.98. The molecule has 4 nitrogen and oxygen atoms in total. The lowest BCUT2D eigenvalue weighted by Crippen LogP contribution is -2.31. The largest absolute Gasteiger partial charge is 0.491 e. The minimum atomic E-state index is -0.260. The van der Waals surface area contributed by atoms with Gasteiger partial charge in [0.25, 0.3) is 0 Å². The van der Waals surface area contributed by atoms with Crippen molar-refractivity contribution in [3.8, 4) is 5.75 Å². The highest BCUT2D eigenvalue weighted by atomic mass is 16.5. The molecule has 1 saturated heterocycles. The molecule has 1 aromatic carbocycles. The number of hydrogen-bond donors (Lipinski definition) is 0. The summed E-state index contributed by atoms with van der Waals surface area (Å²) in [5, 5.41) is 0. The van der Waals surface area contributed by atoms with E-state index in [1.165, 1.54) is 25.9 Å². The van der Waals surface area contributed by atoms with Crippen LogP contribution in [0.2, 0.25) is 0 Å². The highest BCUT2D eigenvalue weighted by molar-refractivity contribution is 5.89. The molecule has 1 fully saturated rings. The fraction of sp³-hybridized carbons (Fsp3) is 0.611. The molecular formula is C18H27NO3. The van der Waals surface area contributed by atoms with E-state index in [1.54, 1.807) is 12.1 Å². The molecule has 1 unspecified atom stereocenters. The molecule has 1 heterocycles. The standard InChI is InChI=1S/C18H27NO3/c1-14(2)22-17-8-6-16(7-9-17)18(20)21-13-10-15(3)19-11-4-5-12-19/h6-9,14-15H,4-5,10-13H2,1-3H3. The molecule has 0 bridgehead atoms. The molecule has 1 aromatic rings. The van der Waals surface area contributed by atoms with Crippen LogP contribution in [0.25, 0.3) is 0 Å². The maximum Gasteiger partial charge on any atom is 0.338 e. The molecule has 1 aliphatic heterocycles. The first-order valence-electron chi connectivity index (χ1n) is 8.24. The van der Waals surface area contributed by atoms with Crippen LogP contribution in [-0.4, -0.2) is 42.7 Å². The van der Waals surface area contributed by atoms with Crippen LogP contribution < -0.4 is 4.74 Å². The molecule has 0 N–H and O–H groups in total. The first kappa shape index (κ1) is 16.8. The predicted octanol–water partition coefficient (Wildman–Crippen LogP) is 3.51. The molecule has 2 rings (SSSR count). The van der Waals surface area contributed by atoms with Crippen molar-refractivity contribution in [2.75, 3.05) is 19.7 Å². The topological polar surface area (TPSA) is 38.8 Å². The van der Waals surface area contributed by atoms with Crippen LogP contribution >= 0.6 is 0 Å². The van der Waals surface area contributed by atoms with Gasteiger partial charge in [0.1, 0.15) is 5.75 Å². The average molecular weight is 305 g/mol. The molecule has 0 aromatic heterocycles. The second-order valence-electron chi connectivity index (χ2n) is 6.21. The van der Waals surface area contributed by atoms with Crippen molar-refractivity contribution in [3.63, 3.8) is 0 Å². The smallest absolute Gasteiger partial charge is 0.338 e. The van der Waals surface area contributed by atoms with Gasteiger partial charge >= 0.3 is 5.97 Å². The van der Waals surface area contributed by atoms with E-state index in [1.807, 2.05) is 26.0 Å². The number of esters is 1. The van der Waals surface area contributed by atoms with Crippen molar-refractivity contribution in [3.05, 3.63) is 29.8 Å². The predicted molar refractivity (Wildman–Crippen MR) is 87.4 cm³/mol. The quantitative estimate of drug-likeness (QED) is 0.723. The van der Waals surface area contributed by atoms with Crippen LogP contribution in [0.4, 0.5) is 0 Å². The van der Waals surface area contributed by atoms with Gasteiger partial charge in [-0.25, -0.2) is 4.79 Å². The summed E-state index contributed by atoms with van der Waals surface area (Å²) in [6, 6.07) is 7.61. The van der Waals surface area contributed by atoms with E-state index >= 15 is 0 Å². The third kappa shape index (κ3) is 5.02. The number of likely N-dealkylation sites (tertiary alicyclic amines) is 1. The number of rotatable bonds is 7. The third-order valence-electron chi connectivity index (χ3n) is 3.99. The van der Waals surface area contributed by atoms with Crippen molar-refractivity contribution in [1.82, 2.24) is 4.90 Å². The first-order valence-corrected chi connectivity index (χ1v) is 8.24. The summed E-state index contributed by atoms with van der Waals surface area (Å²) in [5.41, 5.74) is 0.574. The average Bonchev–Trinajstić information content (AvgIpc) is 3.01. The summed E-state index contributed by atoms with van der Waals surface area (Å²) >= 11 is 0. The lowest BCUT2D eigenvalue weighted by atomic mass is 10.2. The van der Waals surface area contributed by atoms with Gasteiger partial charge in [0, 0.05) is 6.04 Å². The molecule has 0 saturated carbocycles. The van der Waals surface area contributed by atoms with Crippen LogP contribution in [-0.2, 0) is 4.74 Å². The fourth-order valence-corrected chi connectivity index (χ4v) is 2.71. The molecule has 0 amide bonds. The van der Waals surface area contributed by atoms with E-state index in [0.717, 1.165) is 12.2 Å². The van der Waals surface area contributed by atoms with Gasteiger partial charge in [0.15, 0.2) is 0 Å². The normalized spacial score (nSPS) is 16.7. The van der Waals surface area contributed by atoms with E-state index in [0.29, 0.717) is 18.2 Å². The van der Waals surface area contributed by atoms with Crippen LogP contribution in [0.1, 0.15) is 50.4 Å². The van der Waals surface area contributed by atoms with Crippen LogP contribution in [0.5, 0.6) is 5.75 Å².